The van der Waals surface area contributed by atoms with E-state index in [-0.39, 0.29) is 0 Å². The fraction of sp³-hybridized carbons (Fsp3) is 0.929. The summed E-state index contributed by atoms with van der Waals surface area (Å²) < 4.78 is 25.5. The lowest BCUT2D eigenvalue weighted by Crippen LogP contribution is -2.69. The van der Waals surface area contributed by atoms with Gasteiger partial charge < -0.3 is 69.4 Å². The van der Waals surface area contributed by atoms with Gasteiger partial charge in [0, 0.05) is 6.92 Å². The van der Waals surface area contributed by atoms with Crippen LogP contribution in [0.15, 0.2) is 0 Å². The van der Waals surface area contributed by atoms with Crippen LogP contribution in [0.2, 0.25) is 0 Å². The molecule has 15 nitrogen and oxygen atoms in total. The highest BCUT2D eigenvalue weighted by atomic mass is 31.2. The first kappa shape index (κ1) is 25.5. The van der Waals surface area contributed by atoms with E-state index in [2.05, 4.69) is 9.84 Å². The van der Waals surface area contributed by atoms with E-state index in [1.54, 1.807) is 0 Å². The van der Waals surface area contributed by atoms with E-state index in [1.165, 1.54) is 0 Å². The van der Waals surface area contributed by atoms with Crippen LogP contribution in [0, 0.1) is 0 Å². The van der Waals surface area contributed by atoms with E-state index in [0.717, 1.165) is 6.92 Å². The van der Waals surface area contributed by atoms with Gasteiger partial charge in [0.05, 0.1) is 14.4 Å². The number of ether oxygens (including phenoxy) is 2. The summed E-state index contributed by atoms with van der Waals surface area (Å²) >= 11 is 0. The van der Waals surface area contributed by atoms with E-state index in [9.17, 15) is 54.9 Å². The smallest absolute Gasteiger partial charge is 0.217 e. The SMILES string of the molecule is CC(=O)N[C@H]1[C@@H](O[C@@H]2[C@H](O)[C@H](OP(=O)([O-])[O-])[C@@H](O)[C@H](O)[C@H]2O)O[C@H](CO)[C@@H](O)[C@@H]1O. The molecule has 1 aliphatic carbocycles. The second-order valence-electron chi connectivity index (χ2n) is 7.01. The highest BCUT2D eigenvalue weighted by Crippen LogP contribution is 2.36. The molecule has 1 amide bonds. The van der Waals surface area contributed by atoms with Crippen LogP contribution in [-0.2, 0) is 23.4 Å². The lowest BCUT2D eigenvalue weighted by Gasteiger charge is -2.49. The minimum Gasteiger partial charge on any atom is -0.790 e. The van der Waals surface area contributed by atoms with Crippen molar-refractivity contribution in [3.05, 3.63) is 0 Å². The molecular formula is C14H24NO14P-2. The van der Waals surface area contributed by atoms with Gasteiger partial charge in [-0.1, -0.05) is 0 Å². The van der Waals surface area contributed by atoms with Gasteiger partial charge >= 0.3 is 0 Å². The predicted molar refractivity (Wildman–Crippen MR) is 86.7 cm³/mol. The molecule has 0 bridgehead atoms. The molecule has 16 heteroatoms. The van der Waals surface area contributed by atoms with Gasteiger partial charge in [0.1, 0.15) is 61.0 Å². The third kappa shape index (κ3) is 5.52. The highest BCUT2D eigenvalue weighted by molar-refractivity contribution is 7.43. The van der Waals surface area contributed by atoms with Crippen molar-refractivity contribution in [3.63, 3.8) is 0 Å². The number of aliphatic hydroxyl groups is 7. The zero-order valence-electron chi connectivity index (χ0n) is 15.5. The summed E-state index contributed by atoms with van der Waals surface area (Å²) in [6, 6.07) is -1.49. The Balaban J connectivity index is 2.30. The van der Waals surface area contributed by atoms with Crippen LogP contribution in [0.4, 0.5) is 0 Å². The Bertz CT molecular complexity index is 646. The highest BCUT2D eigenvalue weighted by Gasteiger charge is 2.54. The van der Waals surface area contributed by atoms with Crippen LogP contribution < -0.4 is 15.1 Å². The van der Waals surface area contributed by atoms with Crippen molar-refractivity contribution < 1.29 is 68.9 Å². The molecule has 0 aromatic rings. The Kier molecular flexibility index (Phi) is 8.31. The average Bonchev–Trinajstić information content (AvgIpc) is 2.65. The molecular weight excluding hydrogens is 437 g/mol. The van der Waals surface area contributed by atoms with Gasteiger partial charge in [-0.05, 0) is 0 Å². The summed E-state index contributed by atoms with van der Waals surface area (Å²) in [4.78, 5) is 33.2. The van der Waals surface area contributed by atoms with E-state index in [0.29, 0.717) is 0 Å². The molecule has 1 aliphatic heterocycles. The number of hydrogen-bond acceptors (Lipinski definition) is 14. The molecule has 0 radical (unpaired) electrons. The topological polar surface area (TPSA) is 262 Å². The van der Waals surface area contributed by atoms with Gasteiger partial charge in [-0.3, -0.25) is 4.79 Å². The first-order valence-corrected chi connectivity index (χ1v) is 10.2. The standard InChI is InChI=1S/C14H26NO14P/c1-3(17)15-5-7(19)6(18)4(2-16)27-14(5)28-12-9(21)8(20)10(22)13(11(12)23)29-30(24,25)26/h4-14,16,18-23H,2H2,1H3,(H,15,17)(H2,24,25,26)/p-2/t4-,5-,6-,7-,8-,9-,10+,11+,12+,13-,14-/m1/s1. The molecule has 11 atom stereocenters. The largest absolute Gasteiger partial charge is 0.790 e. The minimum absolute atomic E-state index is 0.703. The van der Waals surface area contributed by atoms with E-state index in [1.807, 2.05) is 0 Å². The Labute approximate surface area is 169 Å². The van der Waals surface area contributed by atoms with Crippen molar-refractivity contribution in [3.8, 4) is 0 Å². The predicted octanol–water partition coefficient (Wildman–Crippen LogP) is -7.01. The molecule has 30 heavy (non-hydrogen) atoms. The van der Waals surface area contributed by atoms with Crippen molar-refractivity contribution >= 4 is 13.7 Å². The van der Waals surface area contributed by atoms with Crippen LogP contribution in [0.3, 0.4) is 0 Å². The van der Waals surface area contributed by atoms with Gasteiger partial charge in [0.2, 0.25) is 5.91 Å². The summed E-state index contributed by atoms with van der Waals surface area (Å²) in [6.07, 6.45) is -19.3. The first-order chi connectivity index (χ1) is 13.8. The molecule has 0 aromatic carbocycles. The third-order valence-corrected chi connectivity index (χ3v) is 5.34. The molecule has 1 saturated carbocycles. The Morgan fingerprint density at radius 1 is 0.967 bits per heavy atom. The fourth-order valence-corrected chi connectivity index (χ4v) is 3.91. The van der Waals surface area contributed by atoms with Gasteiger partial charge in [-0.15, -0.1) is 0 Å². The van der Waals surface area contributed by atoms with Crippen LogP contribution in [0.1, 0.15) is 6.92 Å². The van der Waals surface area contributed by atoms with E-state index in [4.69, 9.17) is 9.47 Å². The lowest BCUT2D eigenvalue weighted by molar-refractivity contribution is -0.358. The number of phosphoric ester groups is 1. The molecule has 176 valence electrons. The molecule has 2 rings (SSSR count). The van der Waals surface area contributed by atoms with E-state index < -0.39 is 87.6 Å². The zero-order chi connectivity index (χ0) is 23.0. The number of amides is 1. The molecule has 1 saturated heterocycles. The van der Waals surface area contributed by atoms with Crippen molar-refractivity contribution in [1.82, 2.24) is 5.32 Å². The maximum atomic E-state index is 11.4. The molecule has 0 unspecified atom stereocenters. The number of carbonyl (C=O) groups excluding carboxylic acids is 1. The molecule has 2 fully saturated rings. The van der Waals surface area contributed by atoms with Gasteiger partial charge in [-0.2, -0.15) is 0 Å². The minimum atomic E-state index is -5.75. The maximum absolute atomic E-state index is 11.4. The summed E-state index contributed by atoms with van der Waals surface area (Å²) in [5, 5.41) is 71.9. The number of aliphatic hydroxyl groups excluding tert-OH is 7. The van der Waals surface area contributed by atoms with Crippen LogP contribution >= 0.6 is 7.82 Å². The maximum Gasteiger partial charge on any atom is 0.217 e. The van der Waals surface area contributed by atoms with Crippen LogP contribution in [0.5, 0.6) is 0 Å². The van der Waals surface area contributed by atoms with Crippen molar-refractivity contribution in [2.75, 3.05) is 6.61 Å². The number of rotatable bonds is 6. The zero-order valence-corrected chi connectivity index (χ0v) is 16.4. The Morgan fingerprint density at radius 3 is 2.03 bits per heavy atom. The first-order valence-electron chi connectivity index (χ1n) is 8.76. The summed E-state index contributed by atoms with van der Waals surface area (Å²) in [6.45, 7) is 0.256. The normalized spacial score (nSPS) is 45.2. The van der Waals surface area contributed by atoms with Gasteiger partial charge in [0.25, 0.3) is 0 Å². The summed E-state index contributed by atoms with van der Waals surface area (Å²) in [5.41, 5.74) is 0. The monoisotopic (exact) mass is 461 g/mol. The molecule has 0 aromatic heterocycles. The lowest BCUT2D eigenvalue weighted by atomic mass is 9.84. The van der Waals surface area contributed by atoms with Crippen molar-refractivity contribution in [2.24, 2.45) is 0 Å². The number of carbonyl (C=O) groups is 1. The second-order valence-corrected chi connectivity index (χ2v) is 8.12. The number of phosphoric acid groups is 1. The number of hydrogen-bond donors (Lipinski definition) is 8. The van der Waals surface area contributed by atoms with Crippen molar-refractivity contribution in [1.29, 1.82) is 0 Å². The average molecular weight is 461 g/mol. The van der Waals surface area contributed by atoms with Crippen LogP contribution in [-0.4, -0.2) is 116 Å². The Morgan fingerprint density at radius 2 is 1.53 bits per heavy atom. The molecule has 8 N–H and O–H groups in total. The fourth-order valence-electron chi connectivity index (χ4n) is 3.36. The molecule has 2 aliphatic rings. The van der Waals surface area contributed by atoms with E-state index >= 15 is 0 Å². The summed E-state index contributed by atoms with van der Waals surface area (Å²) in [7, 11) is -5.75. The molecule has 0 spiro atoms. The second kappa shape index (κ2) is 9.79. The van der Waals surface area contributed by atoms with Gasteiger partial charge in [0.15, 0.2) is 6.29 Å². The summed E-state index contributed by atoms with van der Waals surface area (Å²) in [5.74, 6) is -0.703. The number of nitrogens with one attached hydrogen (secondary N) is 1. The quantitative estimate of drug-likeness (QED) is 0.171. The van der Waals surface area contributed by atoms with Gasteiger partial charge in [-0.25, -0.2) is 0 Å². The van der Waals surface area contributed by atoms with Crippen LogP contribution in [0.25, 0.3) is 0 Å². The Hall–Kier alpha value is -0.780. The van der Waals surface area contributed by atoms with Crippen molar-refractivity contribution in [2.45, 2.75) is 74.2 Å². The third-order valence-electron chi connectivity index (χ3n) is 4.84. The molecule has 1 heterocycles.